The van der Waals surface area contributed by atoms with Crippen LogP contribution in [0.3, 0.4) is 0 Å². The van der Waals surface area contributed by atoms with Crippen molar-refractivity contribution in [1.82, 2.24) is 9.78 Å². The van der Waals surface area contributed by atoms with E-state index in [9.17, 15) is 4.39 Å². The van der Waals surface area contributed by atoms with E-state index in [1.807, 2.05) is 24.3 Å². The number of aromatic nitrogens is 2. The fourth-order valence-electron chi connectivity index (χ4n) is 1.97. The van der Waals surface area contributed by atoms with E-state index in [0.29, 0.717) is 5.82 Å². The topological polar surface area (TPSA) is 43.8 Å². The summed E-state index contributed by atoms with van der Waals surface area (Å²) in [7, 11) is 0. The molecule has 0 spiro atoms. The number of rotatable bonds is 2. The summed E-state index contributed by atoms with van der Waals surface area (Å²) in [6, 6.07) is 15.7. The molecule has 20 heavy (non-hydrogen) atoms. The van der Waals surface area contributed by atoms with Crippen LogP contribution in [0.1, 0.15) is 0 Å². The fourth-order valence-corrected chi connectivity index (χ4v) is 2.37. The normalized spacial score (nSPS) is 10.7. The number of nitrogens with two attached hydrogens (primary N) is 1. The summed E-state index contributed by atoms with van der Waals surface area (Å²) in [5.41, 5.74) is 8.44. The van der Waals surface area contributed by atoms with Crippen molar-refractivity contribution in [2.75, 3.05) is 5.73 Å². The van der Waals surface area contributed by atoms with Gasteiger partial charge in [0.05, 0.1) is 11.4 Å². The van der Waals surface area contributed by atoms with Crippen LogP contribution in [0.25, 0.3) is 16.9 Å². The van der Waals surface area contributed by atoms with Crippen LogP contribution in [0.5, 0.6) is 0 Å². The lowest BCUT2D eigenvalue weighted by atomic mass is 10.2. The van der Waals surface area contributed by atoms with E-state index in [0.717, 1.165) is 21.4 Å². The molecule has 0 saturated heterocycles. The maximum absolute atomic E-state index is 13.0. The standard InChI is InChI=1S/C15H11BrFN3/c16-11-3-1-2-10(8-11)14-9-15(18)20(19-14)13-6-4-12(17)5-7-13/h1-9H,18H2. The van der Waals surface area contributed by atoms with Gasteiger partial charge >= 0.3 is 0 Å². The van der Waals surface area contributed by atoms with Crippen molar-refractivity contribution >= 4 is 21.7 Å². The number of halogens is 2. The first kappa shape index (κ1) is 12.9. The van der Waals surface area contributed by atoms with E-state index in [2.05, 4.69) is 21.0 Å². The molecule has 0 bridgehead atoms. The Bertz CT molecular complexity index is 750. The second-order valence-electron chi connectivity index (χ2n) is 4.35. The molecule has 5 heteroatoms. The third kappa shape index (κ3) is 2.44. The number of anilines is 1. The maximum Gasteiger partial charge on any atom is 0.127 e. The van der Waals surface area contributed by atoms with Gasteiger partial charge in [0.15, 0.2) is 0 Å². The van der Waals surface area contributed by atoms with Crippen molar-refractivity contribution < 1.29 is 4.39 Å². The van der Waals surface area contributed by atoms with E-state index < -0.39 is 0 Å². The highest BCUT2D eigenvalue weighted by Gasteiger charge is 2.09. The van der Waals surface area contributed by atoms with Gasteiger partial charge < -0.3 is 5.73 Å². The van der Waals surface area contributed by atoms with E-state index in [1.54, 1.807) is 22.9 Å². The summed E-state index contributed by atoms with van der Waals surface area (Å²) in [6.45, 7) is 0. The summed E-state index contributed by atoms with van der Waals surface area (Å²) in [5.74, 6) is 0.221. The summed E-state index contributed by atoms with van der Waals surface area (Å²) < 4.78 is 15.5. The third-order valence-corrected chi connectivity index (χ3v) is 3.42. The van der Waals surface area contributed by atoms with Gasteiger partial charge in [-0.25, -0.2) is 9.07 Å². The van der Waals surface area contributed by atoms with Crippen LogP contribution in [-0.2, 0) is 0 Å². The number of benzene rings is 2. The van der Waals surface area contributed by atoms with Gasteiger partial charge in [-0.15, -0.1) is 0 Å². The Balaban J connectivity index is 2.05. The molecule has 0 aliphatic rings. The SMILES string of the molecule is Nc1cc(-c2cccc(Br)c2)nn1-c1ccc(F)cc1. The molecule has 0 radical (unpaired) electrons. The molecule has 0 aliphatic carbocycles. The molecule has 3 aromatic rings. The van der Waals surface area contributed by atoms with E-state index in [-0.39, 0.29) is 5.82 Å². The van der Waals surface area contributed by atoms with Gasteiger partial charge in [0.25, 0.3) is 0 Å². The average Bonchev–Trinajstić information content (AvgIpc) is 2.82. The Labute approximate surface area is 124 Å². The smallest absolute Gasteiger partial charge is 0.127 e. The van der Waals surface area contributed by atoms with Gasteiger partial charge in [-0.1, -0.05) is 28.1 Å². The van der Waals surface area contributed by atoms with Gasteiger partial charge in [-0.3, -0.25) is 0 Å². The molecule has 3 rings (SSSR count). The number of nitrogen functional groups attached to an aromatic ring is 1. The van der Waals surface area contributed by atoms with Crippen LogP contribution in [0.15, 0.2) is 59.1 Å². The Morgan fingerprint density at radius 1 is 1.05 bits per heavy atom. The van der Waals surface area contributed by atoms with E-state index >= 15 is 0 Å². The molecule has 2 aromatic carbocycles. The Hall–Kier alpha value is -2.14. The molecular weight excluding hydrogens is 321 g/mol. The van der Waals surface area contributed by atoms with Crippen molar-refractivity contribution in [3.8, 4) is 16.9 Å². The molecule has 0 saturated carbocycles. The lowest BCUT2D eigenvalue weighted by Gasteiger charge is -2.03. The fraction of sp³-hybridized carbons (Fsp3) is 0. The first-order valence-electron chi connectivity index (χ1n) is 6.01. The van der Waals surface area contributed by atoms with Gasteiger partial charge in [0.1, 0.15) is 11.6 Å². The predicted molar refractivity (Wildman–Crippen MR) is 81.1 cm³/mol. The van der Waals surface area contributed by atoms with Crippen LogP contribution in [0.4, 0.5) is 10.2 Å². The van der Waals surface area contributed by atoms with Crippen LogP contribution in [-0.4, -0.2) is 9.78 Å². The third-order valence-electron chi connectivity index (χ3n) is 2.93. The molecule has 3 nitrogen and oxygen atoms in total. The van der Waals surface area contributed by atoms with E-state index in [4.69, 9.17) is 5.73 Å². The zero-order valence-corrected chi connectivity index (χ0v) is 12.0. The molecule has 0 unspecified atom stereocenters. The molecule has 0 amide bonds. The van der Waals surface area contributed by atoms with Crippen LogP contribution in [0, 0.1) is 5.82 Å². The van der Waals surface area contributed by atoms with E-state index in [1.165, 1.54) is 12.1 Å². The molecule has 1 heterocycles. The minimum atomic E-state index is -0.285. The van der Waals surface area contributed by atoms with Crippen molar-refractivity contribution in [2.45, 2.75) is 0 Å². The maximum atomic E-state index is 13.0. The van der Waals surface area contributed by atoms with Crippen molar-refractivity contribution in [3.05, 3.63) is 64.9 Å². The Morgan fingerprint density at radius 3 is 2.50 bits per heavy atom. The highest BCUT2D eigenvalue weighted by Crippen LogP contribution is 2.25. The van der Waals surface area contributed by atoms with Gasteiger partial charge in [-0.2, -0.15) is 5.10 Å². The van der Waals surface area contributed by atoms with Crippen LogP contribution in [0.2, 0.25) is 0 Å². The lowest BCUT2D eigenvalue weighted by Crippen LogP contribution is -2.01. The quantitative estimate of drug-likeness (QED) is 0.770. The summed E-state index contributed by atoms with van der Waals surface area (Å²) in [6.07, 6.45) is 0. The first-order chi connectivity index (χ1) is 9.63. The second-order valence-corrected chi connectivity index (χ2v) is 5.27. The largest absolute Gasteiger partial charge is 0.384 e. The number of nitrogens with zero attached hydrogens (tertiary/aromatic N) is 2. The van der Waals surface area contributed by atoms with Crippen molar-refractivity contribution in [2.24, 2.45) is 0 Å². The molecule has 0 atom stereocenters. The molecule has 1 aromatic heterocycles. The predicted octanol–water partition coefficient (Wildman–Crippen LogP) is 4.02. The number of hydrogen-bond acceptors (Lipinski definition) is 2. The van der Waals surface area contributed by atoms with Gasteiger partial charge in [-0.05, 0) is 36.4 Å². The minimum absolute atomic E-state index is 0.285. The Morgan fingerprint density at radius 2 is 1.80 bits per heavy atom. The zero-order valence-electron chi connectivity index (χ0n) is 10.4. The highest BCUT2D eigenvalue weighted by molar-refractivity contribution is 9.10. The summed E-state index contributed by atoms with van der Waals surface area (Å²) in [4.78, 5) is 0. The molecule has 0 aliphatic heterocycles. The molecule has 0 fully saturated rings. The molecule has 100 valence electrons. The highest BCUT2D eigenvalue weighted by atomic mass is 79.9. The Kier molecular flexibility index (Phi) is 3.28. The monoisotopic (exact) mass is 331 g/mol. The lowest BCUT2D eigenvalue weighted by molar-refractivity contribution is 0.627. The number of hydrogen-bond donors (Lipinski definition) is 1. The van der Waals surface area contributed by atoms with Gasteiger partial charge in [0, 0.05) is 16.1 Å². The van der Waals surface area contributed by atoms with Gasteiger partial charge in [0.2, 0.25) is 0 Å². The summed E-state index contributed by atoms with van der Waals surface area (Å²) >= 11 is 3.43. The molecule has 2 N–H and O–H groups in total. The summed E-state index contributed by atoms with van der Waals surface area (Å²) in [5, 5.41) is 4.47. The van der Waals surface area contributed by atoms with Crippen LogP contribution < -0.4 is 5.73 Å². The van der Waals surface area contributed by atoms with Crippen LogP contribution >= 0.6 is 15.9 Å². The minimum Gasteiger partial charge on any atom is -0.384 e. The molecular formula is C15H11BrFN3. The second kappa shape index (κ2) is 5.09. The first-order valence-corrected chi connectivity index (χ1v) is 6.80. The van der Waals surface area contributed by atoms with Crippen molar-refractivity contribution in [3.63, 3.8) is 0 Å². The zero-order chi connectivity index (χ0) is 14.1. The average molecular weight is 332 g/mol. The van der Waals surface area contributed by atoms with Crippen molar-refractivity contribution in [1.29, 1.82) is 0 Å².